The third-order valence-corrected chi connectivity index (χ3v) is 3.85. The summed E-state index contributed by atoms with van der Waals surface area (Å²) in [6.07, 6.45) is 4.08. The largest absolute Gasteiger partial charge is 0.380 e. The van der Waals surface area contributed by atoms with Gasteiger partial charge in [-0.05, 0) is 37.6 Å². The lowest BCUT2D eigenvalue weighted by Crippen LogP contribution is -2.44. The lowest BCUT2D eigenvalue weighted by atomic mass is 9.87. The summed E-state index contributed by atoms with van der Waals surface area (Å²) < 4.78 is 5.46. The molecule has 2 unspecified atom stereocenters. The minimum Gasteiger partial charge on any atom is -0.380 e. The lowest BCUT2D eigenvalue weighted by Gasteiger charge is -2.37. The van der Waals surface area contributed by atoms with Crippen molar-refractivity contribution >= 4 is 0 Å². The van der Waals surface area contributed by atoms with Crippen molar-refractivity contribution in [2.75, 3.05) is 26.3 Å². The molecule has 0 bridgehead atoms. The van der Waals surface area contributed by atoms with E-state index in [4.69, 9.17) is 4.74 Å². The summed E-state index contributed by atoms with van der Waals surface area (Å²) >= 11 is 0. The molecule has 14 heavy (non-hydrogen) atoms. The van der Waals surface area contributed by atoms with Crippen LogP contribution in [0.1, 0.15) is 33.1 Å². The minimum absolute atomic E-state index is 0.733. The van der Waals surface area contributed by atoms with E-state index in [1.807, 2.05) is 0 Å². The van der Waals surface area contributed by atoms with Crippen molar-refractivity contribution < 1.29 is 4.74 Å². The van der Waals surface area contributed by atoms with Gasteiger partial charge in [0.1, 0.15) is 0 Å². The van der Waals surface area contributed by atoms with E-state index in [0.717, 1.165) is 31.1 Å². The summed E-state index contributed by atoms with van der Waals surface area (Å²) in [6, 6.07) is 0.733. The summed E-state index contributed by atoms with van der Waals surface area (Å²) in [5, 5.41) is 0. The normalized spacial score (nSPS) is 35.4. The zero-order valence-corrected chi connectivity index (χ0v) is 9.54. The number of likely N-dealkylation sites (tertiary alicyclic amines) is 1. The molecule has 0 aromatic rings. The first-order valence-electron chi connectivity index (χ1n) is 6.09. The van der Waals surface area contributed by atoms with Crippen molar-refractivity contribution in [3.8, 4) is 0 Å². The molecule has 0 aromatic heterocycles. The van der Waals surface area contributed by atoms with Crippen molar-refractivity contribution in [3.63, 3.8) is 0 Å². The van der Waals surface area contributed by atoms with Crippen molar-refractivity contribution in [3.05, 3.63) is 0 Å². The van der Waals surface area contributed by atoms with E-state index in [2.05, 4.69) is 18.7 Å². The SMILES string of the molecule is CC(C)C1CCCN(C2CCOC2)C1. The number of rotatable bonds is 2. The second-order valence-electron chi connectivity index (χ2n) is 5.16. The molecule has 2 atom stereocenters. The zero-order chi connectivity index (χ0) is 9.97. The second-order valence-corrected chi connectivity index (χ2v) is 5.16. The first-order chi connectivity index (χ1) is 6.77. The molecule has 0 aliphatic carbocycles. The molecular weight excluding hydrogens is 174 g/mol. The van der Waals surface area contributed by atoms with Gasteiger partial charge in [0.15, 0.2) is 0 Å². The molecule has 0 N–H and O–H groups in total. The van der Waals surface area contributed by atoms with Gasteiger partial charge in [-0.1, -0.05) is 13.8 Å². The summed E-state index contributed by atoms with van der Waals surface area (Å²) in [5.74, 6) is 1.77. The predicted molar refractivity (Wildman–Crippen MR) is 58.4 cm³/mol. The summed E-state index contributed by atoms with van der Waals surface area (Å²) in [4.78, 5) is 2.67. The molecule has 0 radical (unpaired) electrons. The topological polar surface area (TPSA) is 12.5 Å². The highest BCUT2D eigenvalue weighted by Crippen LogP contribution is 2.26. The van der Waals surface area contributed by atoms with Crippen LogP contribution >= 0.6 is 0 Å². The van der Waals surface area contributed by atoms with Gasteiger partial charge in [-0.3, -0.25) is 4.90 Å². The molecule has 2 heterocycles. The van der Waals surface area contributed by atoms with Gasteiger partial charge in [0.05, 0.1) is 6.61 Å². The van der Waals surface area contributed by atoms with E-state index < -0.39 is 0 Å². The molecule has 2 rings (SSSR count). The first kappa shape index (κ1) is 10.4. The van der Waals surface area contributed by atoms with E-state index in [1.165, 1.54) is 32.4 Å². The number of hydrogen-bond donors (Lipinski definition) is 0. The van der Waals surface area contributed by atoms with Crippen LogP contribution in [0.3, 0.4) is 0 Å². The number of piperidine rings is 1. The fourth-order valence-electron chi connectivity index (χ4n) is 2.73. The van der Waals surface area contributed by atoms with Crippen LogP contribution in [0.2, 0.25) is 0 Å². The standard InChI is InChI=1S/C12H23NO/c1-10(2)11-4-3-6-13(8-11)12-5-7-14-9-12/h10-12H,3-9H2,1-2H3. The van der Waals surface area contributed by atoms with Crippen LogP contribution in [0.4, 0.5) is 0 Å². The van der Waals surface area contributed by atoms with Gasteiger partial charge in [-0.15, -0.1) is 0 Å². The van der Waals surface area contributed by atoms with Crippen LogP contribution in [0, 0.1) is 11.8 Å². The van der Waals surface area contributed by atoms with Gasteiger partial charge in [0.25, 0.3) is 0 Å². The van der Waals surface area contributed by atoms with Gasteiger partial charge in [-0.2, -0.15) is 0 Å². The van der Waals surface area contributed by atoms with E-state index in [-0.39, 0.29) is 0 Å². The molecule has 0 saturated carbocycles. The molecule has 2 nitrogen and oxygen atoms in total. The maximum atomic E-state index is 5.46. The fraction of sp³-hybridized carbons (Fsp3) is 1.00. The highest BCUT2D eigenvalue weighted by atomic mass is 16.5. The number of ether oxygens (including phenoxy) is 1. The van der Waals surface area contributed by atoms with Crippen LogP contribution in [0.25, 0.3) is 0 Å². The third-order valence-electron chi connectivity index (χ3n) is 3.85. The van der Waals surface area contributed by atoms with Gasteiger partial charge < -0.3 is 4.74 Å². The Balaban J connectivity index is 1.86. The minimum atomic E-state index is 0.733. The van der Waals surface area contributed by atoms with Crippen molar-refractivity contribution in [2.24, 2.45) is 11.8 Å². The van der Waals surface area contributed by atoms with Crippen molar-refractivity contribution in [2.45, 2.75) is 39.2 Å². The number of nitrogens with zero attached hydrogens (tertiary/aromatic N) is 1. The van der Waals surface area contributed by atoms with Crippen LogP contribution < -0.4 is 0 Å². The average Bonchev–Trinajstić information content (AvgIpc) is 2.71. The van der Waals surface area contributed by atoms with Crippen LogP contribution in [-0.2, 0) is 4.74 Å². The summed E-state index contributed by atoms with van der Waals surface area (Å²) in [6.45, 7) is 9.29. The molecule has 0 aromatic carbocycles. The quantitative estimate of drug-likeness (QED) is 0.672. The Morgan fingerprint density at radius 1 is 1.29 bits per heavy atom. The molecule has 82 valence electrons. The Bertz CT molecular complexity index is 175. The van der Waals surface area contributed by atoms with Crippen LogP contribution in [0.5, 0.6) is 0 Å². The van der Waals surface area contributed by atoms with Crippen LogP contribution in [-0.4, -0.2) is 37.2 Å². The number of hydrogen-bond acceptors (Lipinski definition) is 2. The molecule has 2 aliphatic rings. The molecule has 2 aliphatic heterocycles. The van der Waals surface area contributed by atoms with E-state index in [1.54, 1.807) is 0 Å². The molecule has 2 saturated heterocycles. The molecule has 2 fully saturated rings. The molecule has 0 amide bonds. The highest BCUT2D eigenvalue weighted by Gasteiger charge is 2.29. The van der Waals surface area contributed by atoms with E-state index in [0.29, 0.717) is 0 Å². The third kappa shape index (κ3) is 2.29. The average molecular weight is 197 g/mol. The van der Waals surface area contributed by atoms with Gasteiger partial charge in [0.2, 0.25) is 0 Å². The Hall–Kier alpha value is -0.0800. The Labute approximate surface area is 87.6 Å². The summed E-state index contributed by atoms with van der Waals surface area (Å²) in [5.41, 5.74) is 0. The smallest absolute Gasteiger partial charge is 0.0622 e. The molecule has 0 spiro atoms. The highest BCUT2D eigenvalue weighted by molar-refractivity contribution is 4.82. The first-order valence-corrected chi connectivity index (χ1v) is 6.09. The second kappa shape index (κ2) is 4.63. The predicted octanol–water partition coefficient (Wildman–Crippen LogP) is 2.14. The molecular formula is C12H23NO. The monoisotopic (exact) mass is 197 g/mol. The Kier molecular flexibility index (Phi) is 3.45. The van der Waals surface area contributed by atoms with Gasteiger partial charge >= 0.3 is 0 Å². The fourth-order valence-corrected chi connectivity index (χ4v) is 2.73. The zero-order valence-electron chi connectivity index (χ0n) is 9.54. The van der Waals surface area contributed by atoms with Crippen LogP contribution in [0.15, 0.2) is 0 Å². The molecule has 2 heteroatoms. The Morgan fingerprint density at radius 2 is 2.14 bits per heavy atom. The van der Waals surface area contributed by atoms with Crippen molar-refractivity contribution in [1.29, 1.82) is 0 Å². The lowest BCUT2D eigenvalue weighted by molar-refractivity contribution is 0.0884. The summed E-state index contributed by atoms with van der Waals surface area (Å²) in [7, 11) is 0. The van der Waals surface area contributed by atoms with Crippen molar-refractivity contribution in [1.82, 2.24) is 4.90 Å². The maximum absolute atomic E-state index is 5.46. The Morgan fingerprint density at radius 3 is 2.79 bits per heavy atom. The van der Waals surface area contributed by atoms with Gasteiger partial charge in [0, 0.05) is 19.2 Å². The van der Waals surface area contributed by atoms with Gasteiger partial charge in [-0.25, -0.2) is 0 Å². The van der Waals surface area contributed by atoms with E-state index >= 15 is 0 Å². The van der Waals surface area contributed by atoms with E-state index in [9.17, 15) is 0 Å². The maximum Gasteiger partial charge on any atom is 0.0622 e.